The molecule has 1 rings (SSSR count). The van der Waals surface area contributed by atoms with E-state index in [2.05, 4.69) is 34.3 Å². The fourth-order valence-corrected chi connectivity index (χ4v) is 1.37. The van der Waals surface area contributed by atoms with Crippen molar-refractivity contribution < 1.29 is 0 Å². The predicted octanol–water partition coefficient (Wildman–Crippen LogP) is 2.49. The molecule has 5 heteroatoms. The van der Waals surface area contributed by atoms with E-state index in [1.54, 1.807) is 4.68 Å². The van der Waals surface area contributed by atoms with Gasteiger partial charge in [-0.2, -0.15) is 0 Å². The van der Waals surface area contributed by atoms with Gasteiger partial charge in [-0.3, -0.25) is 0 Å². The topological polar surface area (TPSA) is 43.6 Å². The monoisotopic (exact) mass is 238 g/mol. The SMILES string of the molecule is C=C/C(=C\C/C=C\C)Cn1nnnc1CCl. The predicted molar refractivity (Wildman–Crippen MR) is 65.1 cm³/mol. The van der Waals surface area contributed by atoms with E-state index in [9.17, 15) is 0 Å². The first-order chi connectivity index (χ1) is 7.81. The Morgan fingerprint density at radius 3 is 3.00 bits per heavy atom. The van der Waals surface area contributed by atoms with E-state index in [1.165, 1.54) is 0 Å². The third-order valence-corrected chi connectivity index (χ3v) is 2.31. The van der Waals surface area contributed by atoms with Crippen molar-refractivity contribution in [3.63, 3.8) is 0 Å². The summed E-state index contributed by atoms with van der Waals surface area (Å²) in [5.41, 5.74) is 1.08. The van der Waals surface area contributed by atoms with Crippen molar-refractivity contribution >= 4 is 11.6 Å². The van der Waals surface area contributed by atoms with E-state index in [0.29, 0.717) is 18.2 Å². The average molecular weight is 239 g/mol. The van der Waals surface area contributed by atoms with Crippen LogP contribution in [0.1, 0.15) is 19.2 Å². The first kappa shape index (κ1) is 12.6. The number of tetrazole rings is 1. The summed E-state index contributed by atoms with van der Waals surface area (Å²) in [6.07, 6.45) is 8.87. The average Bonchev–Trinajstić information content (AvgIpc) is 2.75. The minimum atomic E-state index is 0.312. The van der Waals surface area contributed by atoms with E-state index < -0.39 is 0 Å². The van der Waals surface area contributed by atoms with Crippen LogP contribution >= 0.6 is 11.6 Å². The van der Waals surface area contributed by atoms with Gasteiger partial charge in [-0.05, 0) is 29.3 Å². The molecule has 16 heavy (non-hydrogen) atoms. The molecule has 0 spiro atoms. The molecule has 0 radical (unpaired) electrons. The molecule has 0 aliphatic heterocycles. The molecule has 1 aromatic rings. The normalized spacial score (nSPS) is 12.2. The van der Waals surface area contributed by atoms with Gasteiger partial charge in [0, 0.05) is 0 Å². The first-order valence-electron chi connectivity index (χ1n) is 5.05. The summed E-state index contributed by atoms with van der Waals surface area (Å²) in [6.45, 7) is 6.37. The Labute approximate surface area is 100 Å². The molecule has 0 fully saturated rings. The van der Waals surface area contributed by atoms with Gasteiger partial charge in [0.2, 0.25) is 0 Å². The Morgan fingerprint density at radius 2 is 2.38 bits per heavy atom. The van der Waals surface area contributed by atoms with Crippen LogP contribution in [-0.2, 0) is 12.4 Å². The molecule has 0 bridgehead atoms. The van der Waals surface area contributed by atoms with Crippen LogP contribution < -0.4 is 0 Å². The lowest BCUT2D eigenvalue weighted by Gasteiger charge is -2.03. The van der Waals surface area contributed by atoms with Crippen LogP contribution in [0, 0.1) is 0 Å². The summed E-state index contributed by atoms with van der Waals surface area (Å²) >= 11 is 5.71. The number of alkyl halides is 1. The quantitative estimate of drug-likeness (QED) is 0.435. The van der Waals surface area contributed by atoms with Crippen LogP contribution in [-0.4, -0.2) is 20.2 Å². The van der Waals surface area contributed by atoms with Crippen molar-refractivity contribution in [2.75, 3.05) is 0 Å². The van der Waals surface area contributed by atoms with E-state index >= 15 is 0 Å². The molecule has 0 saturated carbocycles. The Morgan fingerprint density at radius 1 is 1.56 bits per heavy atom. The molecular weight excluding hydrogens is 224 g/mol. The molecule has 1 heterocycles. The first-order valence-corrected chi connectivity index (χ1v) is 5.59. The van der Waals surface area contributed by atoms with Gasteiger partial charge in [0.15, 0.2) is 5.82 Å². The number of nitrogens with zero attached hydrogens (tertiary/aromatic N) is 4. The van der Waals surface area contributed by atoms with Crippen LogP contribution in [0.2, 0.25) is 0 Å². The van der Waals surface area contributed by atoms with Gasteiger partial charge in [0.05, 0.1) is 12.4 Å². The molecule has 86 valence electrons. The molecule has 0 N–H and O–H groups in total. The molecule has 0 atom stereocenters. The molecular formula is C11H15ClN4. The highest BCUT2D eigenvalue weighted by molar-refractivity contribution is 6.16. The van der Waals surface area contributed by atoms with Gasteiger partial charge >= 0.3 is 0 Å². The third kappa shape index (κ3) is 3.62. The molecule has 0 amide bonds. The summed E-state index contributed by atoms with van der Waals surface area (Å²) in [6, 6.07) is 0. The summed E-state index contributed by atoms with van der Waals surface area (Å²) in [5.74, 6) is 0.979. The highest BCUT2D eigenvalue weighted by Gasteiger charge is 2.04. The Balaban J connectivity index is 2.69. The van der Waals surface area contributed by atoms with Crippen molar-refractivity contribution in [3.05, 3.63) is 42.3 Å². The molecule has 0 aliphatic rings. The smallest absolute Gasteiger partial charge is 0.166 e. The van der Waals surface area contributed by atoms with Crippen LogP contribution in [0.3, 0.4) is 0 Å². The standard InChI is InChI=1S/C11H15ClN4/c1-3-5-6-7-10(4-2)9-16-11(8-12)13-14-15-16/h3-5,7H,2,6,8-9H2,1H3/b5-3-,10-7+. The number of rotatable bonds is 6. The van der Waals surface area contributed by atoms with Crippen molar-refractivity contribution in [3.8, 4) is 0 Å². The summed E-state index contributed by atoms with van der Waals surface area (Å²) < 4.78 is 1.68. The van der Waals surface area contributed by atoms with Crippen molar-refractivity contribution in [2.45, 2.75) is 25.8 Å². The van der Waals surface area contributed by atoms with E-state index in [1.807, 2.05) is 19.1 Å². The van der Waals surface area contributed by atoms with Gasteiger partial charge in [-0.15, -0.1) is 16.7 Å². The molecule has 0 aromatic carbocycles. The molecule has 1 aromatic heterocycles. The van der Waals surface area contributed by atoms with Crippen LogP contribution in [0.4, 0.5) is 0 Å². The fourth-order valence-electron chi connectivity index (χ4n) is 1.18. The maximum absolute atomic E-state index is 5.71. The molecule has 0 unspecified atom stereocenters. The van der Waals surface area contributed by atoms with Gasteiger partial charge in [0.25, 0.3) is 0 Å². The van der Waals surface area contributed by atoms with Crippen molar-refractivity contribution in [1.82, 2.24) is 20.2 Å². The summed E-state index contributed by atoms with van der Waals surface area (Å²) in [4.78, 5) is 0. The fraction of sp³-hybridized carbons (Fsp3) is 0.364. The molecule has 0 saturated heterocycles. The highest BCUT2D eigenvalue weighted by Crippen LogP contribution is 2.05. The lowest BCUT2D eigenvalue weighted by Crippen LogP contribution is -2.06. The largest absolute Gasteiger partial charge is 0.224 e. The second-order valence-electron chi connectivity index (χ2n) is 3.17. The van der Waals surface area contributed by atoms with Crippen molar-refractivity contribution in [2.24, 2.45) is 0 Å². The highest BCUT2D eigenvalue weighted by atomic mass is 35.5. The van der Waals surface area contributed by atoms with E-state index in [4.69, 9.17) is 11.6 Å². The minimum absolute atomic E-state index is 0.312. The van der Waals surface area contributed by atoms with Crippen LogP contribution in [0.25, 0.3) is 0 Å². The number of hydrogen-bond donors (Lipinski definition) is 0. The molecule has 0 aliphatic carbocycles. The van der Waals surface area contributed by atoms with Gasteiger partial charge in [-0.25, -0.2) is 4.68 Å². The number of aromatic nitrogens is 4. The zero-order chi connectivity index (χ0) is 11.8. The van der Waals surface area contributed by atoms with E-state index in [0.717, 1.165) is 12.0 Å². The maximum Gasteiger partial charge on any atom is 0.166 e. The second kappa shape index (κ2) is 6.95. The number of halogens is 1. The van der Waals surface area contributed by atoms with Crippen LogP contribution in [0.5, 0.6) is 0 Å². The zero-order valence-electron chi connectivity index (χ0n) is 9.30. The maximum atomic E-state index is 5.71. The third-order valence-electron chi connectivity index (χ3n) is 2.07. The Bertz CT molecular complexity index is 392. The summed E-state index contributed by atoms with van der Waals surface area (Å²) in [5, 5.41) is 11.3. The molecule has 4 nitrogen and oxygen atoms in total. The van der Waals surface area contributed by atoms with E-state index in [-0.39, 0.29) is 0 Å². The van der Waals surface area contributed by atoms with Crippen molar-refractivity contribution in [1.29, 1.82) is 0 Å². The second-order valence-corrected chi connectivity index (χ2v) is 3.44. The van der Waals surface area contributed by atoms with Crippen LogP contribution in [0.15, 0.2) is 36.5 Å². The lowest BCUT2D eigenvalue weighted by atomic mass is 10.2. The zero-order valence-corrected chi connectivity index (χ0v) is 10.1. The number of allylic oxidation sites excluding steroid dienone is 5. The Hall–Kier alpha value is -1.42. The van der Waals surface area contributed by atoms with Gasteiger partial charge in [0.1, 0.15) is 0 Å². The Kier molecular flexibility index (Phi) is 5.50. The van der Waals surface area contributed by atoms with Gasteiger partial charge < -0.3 is 0 Å². The lowest BCUT2D eigenvalue weighted by molar-refractivity contribution is 0.629. The summed E-state index contributed by atoms with van der Waals surface area (Å²) in [7, 11) is 0. The number of hydrogen-bond acceptors (Lipinski definition) is 3. The minimum Gasteiger partial charge on any atom is -0.224 e. The van der Waals surface area contributed by atoms with Gasteiger partial charge in [-0.1, -0.05) is 30.9 Å².